The van der Waals surface area contributed by atoms with Crippen molar-refractivity contribution in [1.82, 2.24) is 9.97 Å². The maximum Gasteiger partial charge on any atom is 0.345 e. The molecule has 1 heterocycles. The molecule has 78 valence electrons. The molecule has 0 atom stereocenters. The average molecular weight is 223 g/mol. The topological polar surface area (TPSA) is 45.8 Å². The molecular weight excluding hydrogens is 212 g/mol. The molecule has 0 saturated carbocycles. The lowest BCUT2D eigenvalue weighted by Crippen LogP contribution is -2.13. The molecule has 1 N–H and O–H groups in total. The molecule has 0 aliphatic heterocycles. The molecule has 0 aliphatic rings. The summed E-state index contributed by atoms with van der Waals surface area (Å²) in [4.78, 5) is 17.9. The Balaban J connectivity index is 2.88. The quantitative estimate of drug-likeness (QED) is 0.807. The molecule has 0 unspecified atom stereocenters. The predicted octanol–water partition coefficient (Wildman–Crippen LogP) is 2.70. The van der Waals surface area contributed by atoms with E-state index in [1.54, 1.807) is 12.1 Å². The average Bonchev–Trinajstić information content (AvgIpc) is 2.17. The van der Waals surface area contributed by atoms with E-state index in [2.05, 4.69) is 9.97 Å². The fourth-order valence-electron chi connectivity index (χ4n) is 1.60. The molecule has 1 aromatic heterocycles. The molecule has 0 amide bonds. The molecule has 0 fully saturated rings. The van der Waals surface area contributed by atoms with Gasteiger partial charge in [-0.2, -0.15) is 4.98 Å². The molecule has 15 heavy (non-hydrogen) atoms. The van der Waals surface area contributed by atoms with Gasteiger partial charge >= 0.3 is 5.69 Å². The molecule has 1 aromatic carbocycles. The Labute approximate surface area is 92.1 Å². The third kappa shape index (κ3) is 1.88. The normalized spacial score (nSPS) is 11.2. The van der Waals surface area contributed by atoms with Gasteiger partial charge < -0.3 is 4.98 Å². The fourth-order valence-corrected chi connectivity index (χ4v) is 1.77. The minimum absolute atomic E-state index is 0.238. The van der Waals surface area contributed by atoms with Crippen LogP contribution in [0.2, 0.25) is 5.02 Å². The summed E-state index contributed by atoms with van der Waals surface area (Å²) >= 11 is 5.92. The first-order valence-electron chi connectivity index (χ1n) is 4.77. The van der Waals surface area contributed by atoms with Gasteiger partial charge in [0.05, 0.1) is 5.52 Å². The highest BCUT2D eigenvalue weighted by molar-refractivity contribution is 6.31. The largest absolute Gasteiger partial charge is 0.345 e. The lowest BCUT2D eigenvalue weighted by molar-refractivity contribution is 0.818. The van der Waals surface area contributed by atoms with Crippen molar-refractivity contribution in [3.05, 3.63) is 39.4 Å². The summed E-state index contributed by atoms with van der Waals surface area (Å²) < 4.78 is 0. The lowest BCUT2D eigenvalue weighted by Gasteiger charge is -2.08. The van der Waals surface area contributed by atoms with Gasteiger partial charge in [0.1, 0.15) is 0 Å². The van der Waals surface area contributed by atoms with Crippen molar-refractivity contribution in [2.75, 3.05) is 0 Å². The summed E-state index contributed by atoms with van der Waals surface area (Å²) in [7, 11) is 0. The number of halogens is 1. The van der Waals surface area contributed by atoms with Gasteiger partial charge in [-0.3, -0.25) is 0 Å². The van der Waals surface area contributed by atoms with Crippen LogP contribution in [0.1, 0.15) is 25.5 Å². The van der Waals surface area contributed by atoms with Gasteiger partial charge in [-0.1, -0.05) is 25.4 Å². The van der Waals surface area contributed by atoms with Gasteiger partial charge in [-0.25, -0.2) is 4.79 Å². The van der Waals surface area contributed by atoms with Crippen LogP contribution < -0.4 is 5.69 Å². The second-order valence-corrected chi connectivity index (χ2v) is 4.21. The Morgan fingerprint density at radius 3 is 2.80 bits per heavy atom. The van der Waals surface area contributed by atoms with Crippen LogP contribution in [0.3, 0.4) is 0 Å². The van der Waals surface area contributed by atoms with E-state index < -0.39 is 0 Å². The van der Waals surface area contributed by atoms with Crippen LogP contribution in [0.15, 0.2) is 23.0 Å². The first-order valence-corrected chi connectivity index (χ1v) is 5.15. The molecular formula is C11H11ClN2O. The molecule has 2 rings (SSSR count). The second kappa shape index (κ2) is 3.66. The van der Waals surface area contributed by atoms with Gasteiger partial charge in [0, 0.05) is 16.1 Å². The minimum atomic E-state index is -0.312. The van der Waals surface area contributed by atoms with Crippen molar-refractivity contribution in [1.29, 1.82) is 0 Å². The second-order valence-electron chi connectivity index (χ2n) is 3.77. The SMILES string of the molecule is CC(C)c1[nH]c(=O)nc2ccc(Cl)cc12. The molecule has 0 radical (unpaired) electrons. The van der Waals surface area contributed by atoms with Crippen LogP contribution in [0, 0.1) is 0 Å². The Kier molecular flexibility index (Phi) is 2.49. The number of hydrogen-bond acceptors (Lipinski definition) is 2. The summed E-state index contributed by atoms with van der Waals surface area (Å²) in [6, 6.07) is 5.33. The number of nitrogens with zero attached hydrogens (tertiary/aromatic N) is 1. The number of hydrogen-bond donors (Lipinski definition) is 1. The Bertz CT molecular complexity index is 560. The number of benzene rings is 1. The van der Waals surface area contributed by atoms with Crippen molar-refractivity contribution in [3.63, 3.8) is 0 Å². The van der Waals surface area contributed by atoms with E-state index >= 15 is 0 Å². The fraction of sp³-hybridized carbons (Fsp3) is 0.273. The van der Waals surface area contributed by atoms with E-state index in [-0.39, 0.29) is 11.6 Å². The summed E-state index contributed by atoms with van der Waals surface area (Å²) in [6.45, 7) is 4.04. The third-order valence-corrected chi connectivity index (χ3v) is 2.52. The van der Waals surface area contributed by atoms with Crippen LogP contribution in [-0.2, 0) is 0 Å². The highest BCUT2D eigenvalue weighted by atomic mass is 35.5. The van der Waals surface area contributed by atoms with Crippen molar-refractivity contribution in [3.8, 4) is 0 Å². The van der Waals surface area contributed by atoms with E-state index in [0.29, 0.717) is 10.5 Å². The van der Waals surface area contributed by atoms with E-state index in [1.165, 1.54) is 0 Å². The summed E-state index contributed by atoms with van der Waals surface area (Å²) in [5, 5.41) is 1.57. The van der Waals surface area contributed by atoms with Crippen LogP contribution in [-0.4, -0.2) is 9.97 Å². The number of nitrogens with one attached hydrogen (secondary N) is 1. The Hall–Kier alpha value is -1.35. The molecule has 2 aromatic rings. The van der Waals surface area contributed by atoms with Crippen LogP contribution in [0.5, 0.6) is 0 Å². The Morgan fingerprint density at radius 1 is 1.40 bits per heavy atom. The number of rotatable bonds is 1. The zero-order valence-corrected chi connectivity index (χ0v) is 9.30. The van der Waals surface area contributed by atoms with Crippen molar-refractivity contribution in [2.24, 2.45) is 0 Å². The molecule has 0 bridgehead atoms. The van der Waals surface area contributed by atoms with Crippen LogP contribution in [0.25, 0.3) is 10.9 Å². The minimum Gasteiger partial charge on any atom is -0.309 e. The first-order chi connectivity index (χ1) is 7.08. The number of fused-ring (bicyclic) bond motifs is 1. The summed E-state index contributed by atoms with van der Waals surface area (Å²) in [6.07, 6.45) is 0. The van der Waals surface area contributed by atoms with Gasteiger partial charge in [0.15, 0.2) is 0 Å². The van der Waals surface area contributed by atoms with Crippen molar-refractivity contribution >= 4 is 22.5 Å². The molecule has 4 heteroatoms. The van der Waals surface area contributed by atoms with Crippen molar-refractivity contribution in [2.45, 2.75) is 19.8 Å². The number of H-pyrrole nitrogens is 1. The van der Waals surface area contributed by atoms with E-state index in [0.717, 1.165) is 11.1 Å². The van der Waals surface area contributed by atoms with Gasteiger partial charge in [-0.05, 0) is 24.1 Å². The molecule has 0 spiro atoms. The zero-order valence-electron chi connectivity index (χ0n) is 8.54. The summed E-state index contributed by atoms with van der Waals surface area (Å²) in [5.41, 5.74) is 1.26. The van der Waals surface area contributed by atoms with E-state index in [1.807, 2.05) is 19.9 Å². The van der Waals surface area contributed by atoms with E-state index in [4.69, 9.17) is 11.6 Å². The van der Waals surface area contributed by atoms with Gasteiger partial charge in [0.25, 0.3) is 0 Å². The van der Waals surface area contributed by atoms with E-state index in [9.17, 15) is 4.79 Å². The Morgan fingerprint density at radius 2 is 2.13 bits per heavy atom. The highest BCUT2D eigenvalue weighted by Crippen LogP contribution is 2.23. The molecule has 0 saturated heterocycles. The molecule has 3 nitrogen and oxygen atoms in total. The maximum atomic E-state index is 11.3. The predicted molar refractivity (Wildman–Crippen MR) is 61.5 cm³/mol. The first kappa shape index (κ1) is 10.2. The smallest absolute Gasteiger partial charge is 0.309 e. The number of aromatic amines is 1. The zero-order chi connectivity index (χ0) is 11.0. The monoisotopic (exact) mass is 222 g/mol. The maximum absolute atomic E-state index is 11.3. The number of aromatic nitrogens is 2. The van der Waals surface area contributed by atoms with Crippen molar-refractivity contribution < 1.29 is 0 Å². The summed E-state index contributed by atoms with van der Waals surface area (Å²) in [5.74, 6) is 0.238. The standard InChI is InChI=1S/C11H11ClN2O/c1-6(2)10-8-5-7(12)3-4-9(8)13-11(15)14-10/h3-6H,1-2H3,(H,13,14,15). The van der Waals surface area contributed by atoms with Crippen LogP contribution >= 0.6 is 11.6 Å². The van der Waals surface area contributed by atoms with Gasteiger partial charge in [-0.15, -0.1) is 0 Å². The molecule has 0 aliphatic carbocycles. The van der Waals surface area contributed by atoms with Gasteiger partial charge in [0.2, 0.25) is 0 Å². The third-order valence-electron chi connectivity index (χ3n) is 2.29. The van der Waals surface area contributed by atoms with Crippen LogP contribution in [0.4, 0.5) is 0 Å². The lowest BCUT2D eigenvalue weighted by atomic mass is 10.1. The highest BCUT2D eigenvalue weighted by Gasteiger charge is 2.08.